The summed E-state index contributed by atoms with van der Waals surface area (Å²) in [7, 11) is -4.41. The Balaban J connectivity index is 1.60. The molecule has 4 aliphatic rings. The maximum absolute atomic E-state index is 12.2. The summed E-state index contributed by atoms with van der Waals surface area (Å²) in [5, 5.41) is 0. The monoisotopic (exact) mass is 394 g/mol. The van der Waals surface area contributed by atoms with Crippen molar-refractivity contribution in [2.75, 3.05) is 0 Å². The molecule has 0 heterocycles. The van der Waals surface area contributed by atoms with Crippen LogP contribution >= 0.6 is 0 Å². The lowest BCUT2D eigenvalue weighted by molar-refractivity contribution is -0.124. The minimum atomic E-state index is -4.41. The van der Waals surface area contributed by atoms with Gasteiger partial charge in [-0.1, -0.05) is 37.1 Å². The van der Waals surface area contributed by atoms with Gasteiger partial charge in [-0.2, -0.15) is 8.42 Å². The maximum Gasteiger partial charge on any atom is 0.397 e. The minimum Gasteiger partial charge on any atom is -0.300 e. The molecule has 150 valence electrons. The summed E-state index contributed by atoms with van der Waals surface area (Å²) in [6.45, 7) is 6.34. The first-order chi connectivity index (χ1) is 12.5. The number of ketones is 1. The average Bonchev–Trinajstić information content (AvgIpc) is 2.91. The molecule has 0 aliphatic heterocycles. The molecule has 5 nitrogen and oxygen atoms in total. The predicted molar refractivity (Wildman–Crippen MR) is 102 cm³/mol. The van der Waals surface area contributed by atoms with Crippen LogP contribution in [0.25, 0.3) is 0 Å². The van der Waals surface area contributed by atoms with Gasteiger partial charge in [0.25, 0.3) is 0 Å². The highest BCUT2D eigenvalue weighted by Crippen LogP contribution is 2.64. The van der Waals surface area contributed by atoms with E-state index in [1.807, 2.05) is 0 Å². The van der Waals surface area contributed by atoms with Crippen LogP contribution < -0.4 is 0 Å². The largest absolute Gasteiger partial charge is 0.397 e. The highest BCUT2D eigenvalue weighted by Gasteiger charge is 2.56. The zero-order valence-electron chi connectivity index (χ0n) is 16.4. The zero-order valence-corrected chi connectivity index (χ0v) is 17.2. The van der Waals surface area contributed by atoms with Crippen molar-refractivity contribution in [2.24, 2.45) is 28.6 Å². The Labute approximate surface area is 162 Å². The molecule has 0 radical (unpaired) electrons. The van der Waals surface area contributed by atoms with Crippen molar-refractivity contribution in [1.82, 2.24) is 0 Å². The molecule has 1 N–H and O–H groups in total. The Morgan fingerprint density at radius 1 is 1.15 bits per heavy atom. The molecular formula is C21H30O5S. The Bertz CT molecular complexity index is 826. The summed E-state index contributed by atoms with van der Waals surface area (Å²) in [4.78, 5) is 12.2. The van der Waals surface area contributed by atoms with Gasteiger partial charge in [-0.3, -0.25) is 9.35 Å². The normalized spacial score (nSPS) is 43.9. The smallest absolute Gasteiger partial charge is 0.300 e. The number of rotatable bonds is 3. The van der Waals surface area contributed by atoms with E-state index < -0.39 is 16.5 Å². The van der Waals surface area contributed by atoms with E-state index in [0.717, 1.165) is 32.1 Å². The standard InChI is InChI=1S/C21H30O5S/c1-13(22)17-6-7-18-16-5-4-14-12-15(26-27(23,24)25)8-10-20(14,2)19(16)9-11-21(17,18)3/h4,7,15-17,19H,5-6,8-12H2,1-3H3,(H,23,24,25)/t15-,16-,17-,19-,20-,21+/m0/s1. The third-order valence-corrected chi connectivity index (χ3v) is 8.73. The Morgan fingerprint density at radius 3 is 2.52 bits per heavy atom. The van der Waals surface area contributed by atoms with Crippen LogP contribution in [0, 0.1) is 28.6 Å². The summed E-state index contributed by atoms with van der Waals surface area (Å²) in [5.74, 6) is 1.46. The van der Waals surface area contributed by atoms with E-state index in [1.165, 1.54) is 11.1 Å². The van der Waals surface area contributed by atoms with E-state index >= 15 is 0 Å². The molecule has 0 aromatic heterocycles. The van der Waals surface area contributed by atoms with Crippen molar-refractivity contribution in [3.63, 3.8) is 0 Å². The van der Waals surface area contributed by atoms with Gasteiger partial charge in [0.2, 0.25) is 0 Å². The van der Waals surface area contributed by atoms with Crippen molar-refractivity contribution < 1.29 is 21.9 Å². The lowest BCUT2D eigenvalue weighted by Crippen LogP contribution is -2.48. The first kappa shape index (κ1) is 19.3. The molecule has 2 fully saturated rings. The third-order valence-electron chi connectivity index (χ3n) is 8.21. The van der Waals surface area contributed by atoms with Crippen LogP contribution in [-0.2, 0) is 19.4 Å². The SMILES string of the molecule is CC(=O)[C@@H]1CC=C2[C@@H]3CC=C4C[C@@H](OS(=O)(=O)O)CC[C@]4(C)[C@H]3CC[C@@]21C. The van der Waals surface area contributed by atoms with Crippen LogP contribution in [0.2, 0.25) is 0 Å². The number of allylic oxidation sites excluding steroid dienone is 3. The van der Waals surface area contributed by atoms with Crippen molar-refractivity contribution in [1.29, 1.82) is 0 Å². The third kappa shape index (κ3) is 3.04. The fourth-order valence-corrected chi connectivity index (χ4v) is 7.35. The summed E-state index contributed by atoms with van der Waals surface area (Å²) in [5.41, 5.74) is 2.85. The summed E-state index contributed by atoms with van der Waals surface area (Å²) in [6, 6.07) is 0. The fraction of sp³-hybridized carbons (Fsp3) is 0.762. The first-order valence-electron chi connectivity index (χ1n) is 10.1. The van der Waals surface area contributed by atoms with E-state index in [0.29, 0.717) is 30.5 Å². The number of fused-ring (bicyclic) bond motifs is 5. The van der Waals surface area contributed by atoms with E-state index in [2.05, 4.69) is 26.0 Å². The van der Waals surface area contributed by atoms with Crippen molar-refractivity contribution in [3.05, 3.63) is 23.3 Å². The average molecular weight is 395 g/mol. The molecule has 2 saturated carbocycles. The number of carbonyl (C=O) groups is 1. The van der Waals surface area contributed by atoms with Gasteiger partial charge < -0.3 is 0 Å². The van der Waals surface area contributed by atoms with Gasteiger partial charge in [0.05, 0.1) is 6.10 Å². The van der Waals surface area contributed by atoms with Crippen molar-refractivity contribution in [2.45, 2.75) is 71.8 Å². The molecule has 6 heteroatoms. The minimum absolute atomic E-state index is 0.0139. The molecular weight excluding hydrogens is 364 g/mol. The molecule has 4 rings (SSSR count). The van der Waals surface area contributed by atoms with Gasteiger partial charge in [-0.05, 0) is 74.5 Å². The number of carbonyl (C=O) groups excluding carboxylic acids is 1. The molecule has 6 atom stereocenters. The Morgan fingerprint density at radius 2 is 1.85 bits per heavy atom. The van der Waals surface area contributed by atoms with Gasteiger partial charge in [-0.25, -0.2) is 4.18 Å². The van der Waals surface area contributed by atoms with Crippen LogP contribution in [0.3, 0.4) is 0 Å². The number of hydrogen-bond donors (Lipinski definition) is 1. The molecule has 4 aliphatic carbocycles. The van der Waals surface area contributed by atoms with E-state index in [-0.39, 0.29) is 16.7 Å². The highest BCUT2D eigenvalue weighted by atomic mass is 32.3. The van der Waals surface area contributed by atoms with Crippen LogP contribution in [0.15, 0.2) is 23.3 Å². The molecule has 0 bridgehead atoms. The van der Waals surface area contributed by atoms with E-state index in [9.17, 15) is 13.2 Å². The van der Waals surface area contributed by atoms with Gasteiger partial charge in [0.15, 0.2) is 0 Å². The summed E-state index contributed by atoms with van der Waals surface area (Å²) >= 11 is 0. The second kappa shape index (κ2) is 6.26. The second-order valence-corrected chi connectivity index (χ2v) is 10.5. The summed E-state index contributed by atoms with van der Waals surface area (Å²) in [6.07, 6.45) is 10.3. The molecule has 0 spiro atoms. The van der Waals surface area contributed by atoms with E-state index in [1.54, 1.807) is 6.92 Å². The molecule has 0 aromatic rings. The van der Waals surface area contributed by atoms with Crippen molar-refractivity contribution >= 4 is 16.2 Å². The lowest BCUT2D eigenvalue weighted by atomic mass is 9.48. The second-order valence-electron chi connectivity index (χ2n) is 9.50. The van der Waals surface area contributed by atoms with Crippen molar-refractivity contribution in [3.8, 4) is 0 Å². The fourth-order valence-electron chi connectivity index (χ4n) is 6.84. The van der Waals surface area contributed by atoms with Gasteiger partial charge in [-0.15, -0.1) is 0 Å². The zero-order chi connectivity index (χ0) is 19.6. The molecule has 0 saturated heterocycles. The molecule has 0 unspecified atom stereocenters. The Hall–Kier alpha value is -0.980. The topological polar surface area (TPSA) is 80.7 Å². The van der Waals surface area contributed by atoms with E-state index in [4.69, 9.17) is 8.74 Å². The number of Topliss-reactive ketones (excluding diaryl/α,β-unsaturated/α-hetero) is 1. The van der Waals surface area contributed by atoms with Gasteiger partial charge in [0.1, 0.15) is 5.78 Å². The highest BCUT2D eigenvalue weighted by molar-refractivity contribution is 7.80. The van der Waals surface area contributed by atoms with Gasteiger partial charge >= 0.3 is 10.4 Å². The quantitative estimate of drug-likeness (QED) is 0.571. The van der Waals surface area contributed by atoms with Crippen LogP contribution in [0.1, 0.15) is 65.7 Å². The maximum atomic E-state index is 12.2. The molecule has 27 heavy (non-hydrogen) atoms. The molecule has 0 amide bonds. The molecule has 0 aromatic carbocycles. The summed E-state index contributed by atoms with van der Waals surface area (Å²) < 4.78 is 36.1. The Kier molecular flexibility index (Phi) is 4.48. The van der Waals surface area contributed by atoms with Gasteiger partial charge in [0, 0.05) is 5.92 Å². The van der Waals surface area contributed by atoms with Crippen LogP contribution in [-0.4, -0.2) is 24.9 Å². The number of hydrogen-bond acceptors (Lipinski definition) is 4. The van der Waals surface area contributed by atoms with Crippen LogP contribution in [0.5, 0.6) is 0 Å². The lowest BCUT2D eigenvalue weighted by Gasteiger charge is -2.56. The first-order valence-corrected chi connectivity index (χ1v) is 11.5. The van der Waals surface area contributed by atoms with Crippen LogP contribution in [0.4, 0.5) is 0 Å². The predicted octanol–water partition coefficient (Wildman–Crippen LogP) is 4.26.